The zero-order valence-corrected chi connectivity index (χ0v) is 30.6. The second kappa shape index (κ2) is 23.9. The summed E-state index contributed by atoms with van der Waals surface area (Å²) in [5, 5.41) is 45.8. The molecule has 0 aliphatic carbocycles. The number of benzene rings is 2. The molecule has 0 aliphatic rings. The van der Waals surface area contributed by atoms with E-state index in [-0.39, 0.29) is 82.4 Å². The number of aromatic nitrogens is 4. The van der Waals surface area contributed by atoms with Crippen LogP contribution in [0.3, 0.4) is 0 Å². The van der Waals surface area contributed by atoms with E-state index in [0.717, 1.165) is 27.9 Å². The molecule has 0 saturated heterocycles. The fourth-order valence-electron chi connectivity index (χ4n) is 5.12. The molecule has 298 valence electrons. The van der Waals surface area contributed by atoms with Crippen molar-refractivity contribution in [3.05, 3.63) is 54.1 Å². The number of nitrogens with zero attached hydrogens (tertiary/aromatic N) is 7. The maximum Gasteiger partial charge on any atom is 0.510 e. The maximum atomic E-state index is 13.5. The number of amides is 1. The highest BCUT2D eigenvalue weighted by molar-refractivity contribution is 5.85. The van der Waals surface area contributed by atoms with Crippen LogP contribution in [0.25, 0.3) is 22.5 Å². The Balaban J connectivity index is 1.64. The highest BCUT2D eigenvalue weighted by atomic mass is 17.1. The Hall–Kier alpha value is -4.64. The molecule has 54 heavy (non-hydrogen) atoms. The topological polar surface area (TPSA) is 241 Å². The number of carbonyl (C=O) groups excluding carboxylic acids is 3. The van der Waals surface area contributed by atoms with E-state index >= 15 is 0 Å². The summed E-state index contributed by atoms with van der Waals surface area (Å²) in [7, 11) is 0. The molecule has 1 heterocycles. The maximum absolute atomic E-state index is 13.5. The van der Waals surface area contributed by atoms with Gasteiger partial charge in [-0.05, 0) is 47.1 Å². The molecule has 20 nitrogen and oxygen atoms in total. The highest BCUT2D eigenvalue weighted by Gasteiger charge is 2.33. The van der Waals surface area contributed by atoms with Crippen LogP contribution in [0.2, 0.25) is 0 Å². The lowest BCUT2D eigenvalue weighted by molar-refractivity contribution is -0.493. The van der Waals surface area contributed by atoms with Gasteiger partial charge in [0.1, 0.15) is 12.6 Å². The van der Waals surface area contributed by atoms with Gasteiger partial charge in [0.25, 0.3) is 0 Å². The molecule has 1 amide bonds. The molecule has 20 heteroatoms. The van der Waals surface area contributed by atoms with Crippen molar-refractivity contribution in [2.75, 3.05) is 39.6 Å². The van der Waals surface area contributed by atoms with E-state index in [4.69, 9.17) is 39.8 Å². The third kappa shape index (κ3) is 15.4. The van der Waals surface area contributed by atoms with Crippen LogP contribution in [-0.2, 0) is 51.5 Å². The first-order valence-corrected chi connectivity index (χ1v) is 17.4. The van der Waals surface area contributed by atoms with Crippen molar-refractivity contribution < 1.29 is 63.8 Å². The number of esters is 1. The fourth-order valence-corrected chi connectivity index (χ4v) is 5.12. The number of hydrogen-bond acceptors (Lipinski definition) is 18. The molecule has 2 aromatic carbocycles. The zero-order chi connectivity index (χ0) is 39.3. The molecule has 1 atom stereocenters. The van der Waals surface area contributed by atoms with Crippen LogP contribution in [0.1, 0.15) is 58.4 Å². The van der Waals surface area contributed by atoms with Gasteiger partial charge in [0, 0.05) is 18.5 Å². The lowest BCUT2D eigenvalue weighted by Gasteiger charge is -2.33. The van der Waals surface area contributed by atoms with Crippen molar-refractivity contribution in [1.82, 2.24) is 35.9 Å². The van der Waals surface area contributed by atoms with Crippen LogP contribution in [0.15, 0.2) is 48.5 Å². The summed E-state index contributed by atoms with van der Waals surface area (Å²) in [6.45, 7) is 5.49. The molecule has 0 spiro atoms. The summed E-state index contributed by atoms with van der Waals surface area (Å²) in [6.07, 6.45) is 1.66. The number of hydrogen-bond donors (Lipinski definition) is 4. The van der Waals surface area contributed by atoms with Crippen LogP contribution < -0.4 is 0 Å². The van der Waals surface area contributed by atoms with Gasteiger partial charge in [-0.1, -0.05) is 75.7 Å². The molecule has 0 aliphatic heterocycles. The van der Waals surface area contributed by atoms with Crippen LogP contribution in [-0.4, -0.2) is 120 Å². The summed E-state index contributed by atoms with van der Waals surface area (Å²) in [5.74, 6) is -0.604. The molecule has 0 saturated carbocycles. The molecule has 0 radical (unpaired) electrons. The second-order valence-corrected chi connectivity index (χ2v) is 12.1. The van der Waals surface area contributed by atoms with Crippen molar-refractivity contribution in [1.29, 1.82) is 0 Å². The number of ether oxygens (including phenoxy) is 4. The highest BCUT2D eigenvalue weighted by Crippen LogP contribution is 2.30. The number of carbonyl (C=O) groups is 3. The third-order valence-electron chi connectivity index (χ3n) is 7.68. The molecule has 0 unspecified atom stereocenters. The van der Waals surface area contributed by atoms with E-state index in [1.807, 2.05) is 69.3 Å². The SMILES string of the molecule is CCCCC(=O)N(Cc1ccc(-c2ccccc2-c2nnn(COC(=O)OCCOCCON(O)O)n2)cc1)[C@H](C(=O)OCCCCON(O)O)C(C)C. The van der Waals surface area contributed by atoms with Crippen molar-refractivity contribution in [2.24, 2.45) is 5.92 Å². The Labute approximate surface area is 312 Å². The zero-order valence-electron chi connectivity index (χ0n) is 30.6. The van der Waals surface area contributed by atoms with E-state index in [1.165, 1.54) is 0 Å². The monoisotopic (exact) mass is 763 g/mol. The van der Waals surface area contributed by atoms with E-state index < -0.39 is 23.6 Å². The van der Waals surface area contributed by atoms with Crippen molar-refractivity contribution in [3.63, 3.8) is 0 Å². The summed E-state index contributed by atoms with van der Waals surface area (Å²) in [5.41, 5.74) is 3.11. The van der Waals surface area contributed by atoms with Gasteiger partial charge >= 0.3 is 12.1 Å². The lowest BCUT2D eigenvalue weighted by Crippen LogP contribution is -2.48. The number of unbranched alkanes of at least 4 members (excludes halogenated alkanes) is 2. The second-order valence-electron chi connectivity index (χ2n) is 12.1. The predicted octanol–water partition coefficient (Wildman–Crippen LogP) is 4.03. The van der Waals surface area contributed by atoms with Gasteiger partial charge in [-0.25, -0.2) is 14.4 Å². The van der Waals surface area contributed by atoms with Crippen molar-refractivity contribution in [3.8, 4) is 22.5 Å². The summed E-state index contributed by atoms with van der Waals surface area (Å²) >= 11 is 0. The Morgan fingerprint density at radius 1 is 0.778 bits per heavy atom. The van der Waals surface area contributed by atoms with Crippen molar-refractivity contribution >= 4 is 18.0 Å². The normalized spacial score (nSPS) is 12.0. The van der Waals surface area contributed by atoms with Gasteiger partial charge < -0.3 is 23.8 Å². The molecule has 0 fully saturated rings. The minimum Gasteiger partial charge on any atom is -0.464 e. The summed E-state index contributed by atoms with van der Waals surface area (Å²) < 4.78 is 20.6. The van der Waals surface area contributed by atoms with Crippen molar-refractivity contribution in [2.45, 2.75) is 72.2 Å². The first-order valence-electron chi connectivity index (χ1n) is 17.4. The van der Waals surface area contributed by atoms with Crippen LogP contribution in [0.4, 0.5) is 4.79 Å². The van der Waals surface area contributed by atoms with Gasteiger partial charge in [0.05, 0.1) is 43.8 Å². The molecule has 0 bridgehead atoms. The van der Waals surface area contributed by atoms with Crippen LogP contribution in [0, 0.1) is 5.92 Å². The van der Waals surface area contributed by atoms with Gasteiger partial charge in [-0.2, -0.15) is 0 Å². The smallest absolute Gasteiger partial charge is 0.464 e. The lowest BCUT2D eigenvalue weighted by atomic mass is 9.97. The molecule has 3 aromatic rings. The van der Waals surface area contributed by atoms with Crippen LogP contribution >= 0.6 is 0 Å². The molecule has 3 rings (SSSR count). The Morgan fingerprint density at radius 3 is 2.13 bits per heavy atom. The van der Waals surface area contributed by atoms with Gasteiger partial charge in [0.15, 0.2) is 0 Å². The Kier molecular flexibility index (Phi) is 19.4. The Morgan fingerprint density at radius 2 is 1.44 bits per heavy atom. The number of tetrazole rings is 1. The first kappa shape index (κ1) is 43.8. The fraction of sp³-hybridized carbons (Fsp3) is 0.529. The average Bonchev–Trinajstić information content (AvgIpc) is 3.62. The minimum atomic E-state index is -0.977. The molecular formula is C34H49N7O13. The molecular weight excluding hydrogens is 714 g/mol. The van der Waals surface area contributed by atoms with Gasteiger partial charge in [0.2, 0.25) is 18.5 Å². The van der Waals surface area contributed by atoms with E-state index in [9.17, 15) is 14.4 Å². The molecule has 4 N–H and O–H groups in total. The standard InChI is InChI=1S/C34H49N7O13/c1-4-5-12-30(42)38(31(25(2)3)33(43)50-17-8-9-18-53-40(45)46)23-26-13-15-27(16-14-26)28-10-6-7-11-29(28)32-35-37-39(36-32)24-52-34(44)51-21-19-49-20-22-54-41(47)48/h6-7,10-11,13-16,25,31,45-48H,4-5,8-9,12,17-24H2,1-3H3/t31-/m0/s1. The molecule has 1 aromatic heterocycles. The minimum absolute atomic E-state index is 0.0266. The van der Waals surface area contributed by atoms with Gasteiger partial charge in [-0.3, -0.25) is 30.5 Å². The Bertz CT molecular complexity index is 1560. The van der Waals surface area contributed by atoms with E-state index in [0.29, 0.717) is 24.8 Å². The third-order valence-corrected chi connectivity index (χ3v) is 7.68. The van der Waals surface area contributed by atoms with Crippen LogP contribution in [0.5, 0.6) is 0 Å². The average molecular weight is 764 g/mol. The summed E-state index contributed by atoms with van der Waals surface area (Å²) in [6, 6.07) is 14.2. The number of rotatable bonds is 25. The summed E-state index contributed by atoms with van der Waals surface area (Å²) in [4.78, 5) is 50.3. The van der Waals surface area contributed by atoms with E-state index in [1.54, 1.807) is 4.90 Å². The largest absolute Gasteiger partial charge is 0.510 e. The van der Waals surface area contributed by atoms with Gasteiger partial charge in [-0.15, -0.1) is 15.0 Å². The predicted molar refractivity (Wildman–Crippen MR) is 184 cm³/mol. The quantitative estimate of drug-likeness (QED) is 0.0541. The van der Waals surface area contributed by atoms with E-state index in [2.05, 4.69) is 25.1 Å². The first-order chi connectivity index (χ1) is 26.0.